The molecule has 2 amide bonds. The Morgan fingerprint density at radius 2 is 0.957 bits per heavy atom. The third-order valence-corrected chi connectivity index (χ3v) is 8.38. The van der Waals surface area contributed by atoms with Crippen LogP contribution in [-0.2, 0) is 0 Å². The maximum Gasteiger partial charge on any atom is 0.252 e. The highest BCUT2D eigenvalue weighted by Gasteiger charge is 2.20. The third-order valence-electron chi connectivity index (χ3n) is 8.38. The Kier molecular flexibility index (Phi) is 9.11. The van der Waals surface area contributed by atoms with Gasteiger partial charge in [-0.25, -0.2) is 9.97 Å². The highest BCUT2D eigenvalue weighted by Crippen LogP contribution is 2.32. The van der Waals surface area contributed by atoms with Crippen molar-refractivity contribution in [2.45, 2.75) is 20.3 Å². The van der Waals surface area contributed by atoms with Gasteiger partial charge in [0.25, 0.3) is 11.8 Å². The maximum absolute atomic E-state index is 13.6. The van der Waals surface area contributed by atoms with Crippen molar-refractivity contribution in [1.29, 1.82) is 0 Å². The molecule has 0 aliphatic heterocycles. The molecule has 6 aromatic rings. The van der Waals surface area contributed by atoms with E-state index in [9.17, 15) is 9.59 Å². The zero-order valence-electron chi connectivity index (χ0n) is 26.9. The summed E-state index contributed by atoms with van der Waals surface area (Å²) >= 11 is 0. The Morgan fingerprint density at radius 1 is 0.574 bits per heavy atom. The van der Waals surface area contributed by atoms with Gasteiger partial charge in [-0.2, -0.15) is 0 Å². The smallest absolute Gasteiger partial charge is 0.252 e. The molecule has 0 aliphatic rings. The van der Waals surface area contributed by atoms with Gasteiger partial charge in [-0.3, -0.25) is 9.59 Å². The fraction of sp³-hybridized carbons (Fsp3) is 0.179. The first-order chi connectivity index (χ1) is 22.9. The monoisotopic (exact) mass is 624 g/mol. The maximum atomic E-state index is 13.6. The molecule has 2 aromatic heterocycles. The number of ether oxygens (including phenoxy) is 2. The minimum Gasteiger partial charge on any atom is -0.497 e. The third kappa shape index (κ3) is 6.35. The molecule has 0 bridgehead atoms. The lowest BCUT2D eigenvalue weighted by Crippen LogP contribution is -2.31. The number of rotatable bonds is 10. The molecule has 47 heavy (non-hydrogen) atoms. The highest BCUT2D eigenvalue weighted by atomic mass is 16.5. The number of carbonyl (C=O) groups is 2. The van der Waals surface area contributed by atoms with E-state index < -0.39 is 0 Å². The summed E-state index contributed by atoms with van der Waals surface area (Å²) in [6.45, 7) is 4.63. The van der Waals surface area contributed by atoms with Crippen molar-refractivity contribution < 1.29 is 19.1 Å². The van der Waals surface area contributed by atoms with Gasteiger partial charge >= 0.3 is 0 Å². The molecular weight excluding hydrogens is 588 g/mol. The van der Waals surface area contributed by atoms with Crippen LogP contribution < -0.4 is 20.1 Å². The number of pyridine rings is 2. The van der Waals surface area contributed by atoms with E-state index in [0.717, 1.165) is 66.9 Å². The summed E-state index contributed by atoms with van der Waals surface area (Å²) in [6.07, 6.45) is 0.554. The summed E-state index contributed by atoms with van der Waals surface area (Å²) < 4.78 is 10.6. The van der Waals surface area contributed by atoms with Crippen molar-refractivity contribution in [2.75, 3.05) is 27.3 Å². The zero-order chi connectivity index (χ0) is 32.9. The summed E-state index contributed by atoms with van der Waals surface area (Å²) in [6, 6.07) is 30.6. The normalized spacial score (nSPS) is 11.0. The van der Waals surface area contributed by atoms with Crippen molar-refractivity contribution >= 4 is 33.6 Å². The minimum atomic E-state index is -0.178. The molecule has 0 spiro atoms. The second-order valence-corrected chi connectivity index (χ2v) is 11.3. The fourth-order valence-corrected chi connectivity index (χ4v) is 5.93. The lowest BCUT2D eigenvalue weighted by molar-refractivity contribution is 0.0953. The van der Waals surface area contributed by atoms with Crippen molar-refractivity contribution in [1.82, 2.24) is 20.6 Å². The van der Waals surface area contributed by atoms with Crippen LogP contribution in [0.1, 0.15) is 38.3 Å². The molecular formula is C39H36N4O4. The van der Waals surface area contributed by atoms with Crippen LogP contribution in [0.4, 0.5) is 0 Å². The van der Waals surface area contributed by atoms with Crippen LogP contribution in [0.25, 0.3) is 44.3 Å². The number of aromatic nitrogens is 2. The number of carbonyl (C=O) groups excluding carboxylic acids is 2. The summed E-state index contributed by atoms with van der Waals surface area (Å²) in [5, 5.41) is 7.71. The molecule has 0 radical (unpaired) electrons. The lowest BCUT2D eigenvalue weighted by Gasteiger charge is -2.16. The van der Waals surface area contributed by atoms with Gasteiger partial charge in [0.1, 0.15) is 11.5 Å². The second-order valence-electron chi connectivity index (χ2n) is 11.3. The number of benzene rings is 4. The number of methoxy groups -OCH3 is 2. The predicted molar refractivity (Wildman–Crippen MR) is 186 cm³/mol. The minimum absolute atomic E-state index is 0.178. The van der Waals surface area contributed by atoms with Gasteiger partial charge in [-0.05, 0) is 92.1 Å². The van der Waals surface area contributed by atoms with Crippen molar-refractivity contribution in [3.63, 3.8) is 0 Å². The van der Waals surface area contributed by atoms with Gasteiger partial charge in [-0.15, -0.1) is 0 Å². The number of fused-ring (bicyclic) bond motifs is 2. The molecule has 0 saturated carbocycles. The van der Waals surface area contributed by atoms with E-state index in [4.69, 9.17) is 19.4 Å². The van der Waals surface area contributed by atoms with E-state index >= 15 is 0 Å². The van der Waals surface area contributed by atoms with E-state index in [0.29, 0.717) is 30.6 Å². The molecule has 0 fully saturated rings. The number of hydrogen-bond acceptors (Lipinski definition) is 6. The number of para-hydroxylation sites is 2. The average molecular weight is 625 g/mol. The van der Waals surface area contributed by atoms with Gasteiger partial charge in [0.05, 0.1) is 47.8 Å². The van der Waals surface area contributed by atoms with E-state index in [1.54, 1.807) is 14.2 Å². The van der Waals surface area contributed by atoms with Gasteiger partial charge in [-0.1, -0.05) is 36.4 Å². The number of amides is 2. The number of nitrogens with one attached hydrogen (secondary N) is 2. The predicted octanol–water partition coefficient (Wildman–Crippen LogP) is 7.30. The molecule has 8 nitrogen and oxygen atoms in total. The van der Waals surface area contributed by atoms with Gasteiger partial charge < -0.3 is 20.1 Å². The van der Waals surface area contributed by atoms with Crippen molar-refractivity contribution in [2.24, 2.45) is 0 Å². The molecule has 4 aromatic carbocycles. The summed E-state index contributed by atoms with van der Waals surface area (Å²) in [5.74, 6) is 1.15. The number of nitrogens with zero attached hydrogens (tertiary/aromatic N) is 2. The quantitative estimate of drug-likeness (QED) is 0.155. The topological polar surface area (TPSA) is 102 Å². The fourth-order valence-electron chi connectivity index (χ4n) is 5.93. The van der Waals surface area contributed by atoms with Crippen LogP contribution in [0, 0.1) is 13.8 Å². The second kappa shape index (κ2) is 13.7. The van der Waals surface area contributed by atoms with Gasteiger partial charge in [0, 0.05) is 35.0 Å². The molecule has 0 unspecified atom stereocenters. The van der Waals surface area contributed by atoms with E-state index in [1.165, 1.54) is 0 Å². The SMILES string of the molecule is COc1ccc(-c2nc3ccccc3c(C(=O)NCCCNC(=O)c3c(C)c(-c4ccc(OC)cc4)nc4ccccc34)c2C)cc1. The van der Waals surface area contributed by atoms with Crippen LogP contribution in [0.15, 0.2) is 97.1 Å². The summed E-state index contributed by atoms with van der Waals surface area (Å²) in [4.78, 5) is 37.0. The molecule has 2 N–H and O–H groups in total. The van der Waals surface area contributed by atoms with Crippen LogP contribution in [0.2, 0.25) is 0 Å². The van der Waals surface area contributed by atoms with Gasteiger partial charge in [0.2, 0.25) is 0 Å². The Balaban J connectivity index is 1.17. The Bertz CT molecular complexity index is 1940. The Hall–Kier alpha value is -5.76. The molecule has 0 saturated heterocycles. The Labute approximate surface area is 273 Å². The highest BCUT2D eigenvalue weighted by molar-refractivity contribution is 6.10. The molecule has 0 atom stereocenters. The first-order valence-corrected chi connectivity index (χ1v) is 15.5. The van der Waals surface area contributed by atoms with Crippen LogP contribution >= 0.6 is 0 Å². The largest absolute Gasteiger partial charge is 0.497 e. The van der Waals surface area contributed by atoms with Gasteiger partial charge in [0.15, 0.2) is 0 Å². The first-order valence-electron chi connectivity index (χ1n) is 15.5. The van der Waals surface area contributed by atoms with Crippen LogP contribution in [0.5, 0.6) is 11.5 Å². The average Bonchev–Trinajstić information content (AvgIpc) is 3.11. The molecule has 0 aliphatic carbocycles. The van der Waals surface area contributed by atoms with Crippen LogP contribution in [-0.4, -0.2) is 49.1 Å². The van der Waals surface area contributed by atoms with E-state index in [1.807, 2.05) is 111 Å². The molecule has 236 valence electrons. The Morgan fingerprint density at radius 3 is 1.34 bits per heavy atom. The van der Waals surface area contributed by atoms with E-state index in [-0.39, 0.29) is 11.8 Å². The first kappa shape index (κ1) is 31.2. The molecule has 2 heterocycles. The van der Waals surface area contributed by atoms with Crippen LogP contribution in [0.3, 0.4) is 0 Å². The van der Waals surface area contributed by atoms with Crippen molar-refractivity contribution in [3.05, 3.63) is 119 Å². The summed E-state index contributed by atoms with van der Waals surface area (Å²) in [5.41, 5.74) is 7.58. The lowest BCUT2D eigenvalue weighted by atomic mass is 9.97. The summed E-state index contributed by atoms with van der Waals surface area (Å²) in [7, 11) is 3.26. The molecule has 6 rings (SSSR count). The number of hydrogen-bond donors (Lipinski definition) is 2. The van der Waals surface area contributed by atoms with Crippen molar-refractivity contribution in [3.8, 4) is 34.0 Å². The zero-order valence-corrected chi connectivity index (χ0v) is 26.9. The standard InChI is InChI=1S/C39H36N4O4/c1-24-34(30-10-5-7-12-32(30)42-36(24)26-14-18-28(46-3)19-15-26)38(44)40-22-9-23-41-39(45)35-25(2)37(27-16-20-29(47-4)21-17-27)43-33-13-8-6-11-31(33)35/h5-8,10-21H,9,22-23H2,1-4H3,(H,40,44)(H,41,45). The van der Waals surface area contributed by atoms with E-state index in [2.05, 4.69) is 10.6 Å². The molecule has 8 heteroatoms.